The number of anilines is 1. The monoisotopic (exact) mass is 407 g/mol. The lowest BCUT2D eigenvalue weighted by atomic mass is 10.2. The first-order valence-electron chi connectivity index (χ1n) is 7.90. The van der Waals surface area contributed by atoms with Crippen molar-refractivity contribution in [1.82, 2.24) is 10.3 Å². The number of aromatic nitrogens is 1. The standard InChI is InChI=1S/C17H15F6N3O2/c18-16(19,20)11-3-5-12(6-4-11)28-10-14(27)24-8-9-26-15-13(17(21,22)23)2-1-7-25-15/h1-7H,8-10H2,(H,24,27)(H,25,26). The van der Waals surface area contributed by atoms with Gasteiger partial charge in [0.15, 0.2) is 6.61 Å². The molecule has 0 unspecified atom stereocenters. The molecule has 152 valence electrons. The van der Waals surface area contributed by atoms with Crippen molar-refractivity contribution in [1.29, 1.82) is 0 Å². The minimum absolute atomic E-state index is 0.0108. The van der Waals surface area contributed by atoms with Crippen LogP contribution in [-0.4, -0.2) is 30.6 Å². The predicted molar refractivity (Wildman–Crippen MR) is 87.7 cm³/mol. The smallest absolute Gasteiger partial charge is 0.419 e. The number of hydrogen-bond acceptors (Lipinski definition) is 4. The maximum absolute atomic E-state index is 12.8. The fourth-order valence-electron chi connectivity index (χ4n) is 2.10. The Morgan fingerprint density at radius 1 is 0.964 bits per heavy atom. The van der Waals surface area contributed by atoms with E-state index in [0.29, 0.717) is 0 Å². The minimum atomic E-state index is -4.56. The van der Waals surface area contributed by atoms with Crippen LogP contribution in [0.2, 0.25) is 0 Å². The van der Waals surface area contributed by atoms with E-state index in [1.807, 2.05) is 0 Å². The molecular weight excluding hydrogens is 392 g/mol. The summed E-state index contributed by atoms with van der Waals surface area (Å²) >= 11 is 0. The van der Waals surface area contributed by atoms with Crippen LogP contribution in [0.3, 0.4) is 0 Å². The number of pyridine rings is 1. The van der Waals surface area contributed by atoms with Gasteiger partial charge in [0.25, 0.3) is 5.91 Å². The first-order chi connectivity index (χ1) is 13.1. The molecule has 0 atom stereocenters. The Bertz CT molecular complexity index is 791. The van der Waals surface area contributed by atoms with Gasteiger partial charge in [-0.25, -0.2) is 4.98 Å². The molecule has 0 spiro atoms. The second kappa shape index (κ2) is 8.81. The van der Waals surface area contributed by atoms with Crippen LogP contribution in [0.4, 0.5) is 32.2 Å². The Morgan fingerprint density at radius 2 is 1.64 bits per heavy atom. The van der Waals surface area contributed by atoms with Gasteiger partial charge in [-0.1, -0.05) is 0 Å². The molecule has 0 aliphatic carbocycles. The third-order valence-electron chi connectivity index (χ3n) is 3.40. The van der Waals surface area contributed by atoms with Gasteiger partial charge in [0.1, 0.15) is 11.6 Å². The van der Waals surface area contributed by atoms with Crippen LogP contribution in [-0.2, 0) is 17.1 Å². The van der Waals surface area contributed by atoms with Gasteiger partial charge in [0.05, 0.1) is 11.1 Å². The van der Waals surface area contributed by atoms with E-state index in [4.69, 9.17) is 4.74 Å². The molecule has 0 aliphatic rings. The highest BCUT2D eigenvalue weighted by molar-refractivity contribution is 5.77. The molecule has 1 aromatic heterocycles. The Hall–Kier alpha value is -2.98. The van der Waals surface area contributed by atoms with Gasteiger partial charge < -0.3 is 15.4 Å². The first-order valence-corrected chi connectivity index (χ1v) is 7.90. The number of rotatable bonds is 7. The summed E-state index contributed by atoms with van der Waals surface area (Å²) in [5.41, 5.74) is -1.77. The average Bonchev–Trinajstić information content (AvgIpc) is 2.63. The molecule has 5 nitrogen and oxygen atoms in total. The Morgan fingerprint density at radius 3 is 2.25 bits per heavy atom. The lowest BCUT2D eigenvalue weighted by Gasteiger charge is -2.13. The SMILES string of the molecule is O=C(COc1ccc(C(F)(F)F)cc1)NCCNc1ncccc1C(F)(F)F. The van der Waals surface area contributed by atoms with Crippen molar-refractivity contribution in [2.45, 2.75) is 12.4 Å². The van der Waals surface area contributed by atoms with Crippen molar-refractivity contribution in [3.05, 3.63) is 53.7 Å². The number of benzene rings is 1. The molecule has 0 saturated heterocycles. The van der Waals surface area contributed by atoms with E-state index in [1.54, 1.807) is 0 Å². The highest BCUT2D eigenvalue weighted by Gasteiger charge is 2.34. The van der Waals surface area contributed by atoms with Gasteiger partial charge in [-0.15, -0.1) is 0 Å². The zero-order chi connectivity index (χ0) is 20.8. The van der Waals surface area contributed by atoms with Gasteiger partial charge in [0.2, 0.25) is 0 Å². The molecule has 2 N–H and O–H groups in total. The number of nitrogens with one attached hydrogen (secondary N) is 2. The van der Waals surface area contributed by atoms with Crippen LogP contribution >= 0.6 is 0 Å². The lowest BCUT2D eigenvalue weighted by Crippen LogP contribution is -2.33. The molecule has 1 aromatic carbocycles. The molecular formula is C17H15F6N3O2. The molecule has 0 radical (unpaired) electrons. The molecule has 2 rings (SSSR count). The molecule has 28 heavy (non-hydrogen) atoms. The third-order valence-corrected chi connectivity index (χ3v) is 3.40. The van der Waals surface area contributed by atoms with Crippen molar-refractivity contribution in [3.63, 3.8) is 0 Å². The van der Waals surface area contributed by atoms with Gasteiger partial charge >= 0.3 is 12.4 Å². The molecule has 0 saturated carbocycles. The lowest BCUT2D eigenvalue weighted by molar-refractivity contribution is -0.138. The molecule has 0 bridgehead atoms. The van der Waals surface area contributed by atoms with E-state index in [9.17, 15) is 31.1 Å². The second-order valence-electron chi connectivity index (χ2n) is 5.48. The Labute approximate surface area is 155 Å². The number of carbonyl (C=O) groups is 1. The molecule has 0 fully saturated rings. The van der Waals surface area contributed by atoms with Crippen molar-refractivity contribution in [2.24, 2.45) is 0 Å². The van der Waals surface area contributed by atoms with Crippen molar-refractivity contribution >= 4 is 11.7 Å². The van der Waals surface area contributed by atoms with E-state index in [1.165, 1.54) is 6.20 Å². The van der Waals surface area contributed by atoms with E-state index >= 15 is 0 Å². The maximum Gasteiger partial charge on any atom is 0.419 e. The summed E-state index contributed by atoms with van der Waals surface area (Å²) in [6, 6.07) is 5.85. The molecule has 1 amide bonds. The van der Waals surface area contributed by atoms with Gasteiger partial charge in [-0.3, -0.25) is 4.79 Å². The second-order valence-corrected chi connectivity index (χ2v) is 5.48. The third kappa shape index (κ3) is 6.32. The topological polar surface area (TPSA) is 63.2 Å². The highest BCUT2D eigenvalue weighted by atomic mass is 19.4. The number of nitrogens with zero attached hydrogens (tertiary/aromatic N) is 1. The molecule has 0 aliphatic heterocycles. The normalized spacial score (nSPS) is 11.8. The average molecular weight is 407 g/mol. The van der Waals surface area contributed by atoms with Crippen molar-refractivity contribution < 1.29 is 35.9 Å². The van der Waals surface area contributed by atoms with E-state index < -0.39 is 36.0 Å². The summed E-state index contributed by atoms with van der Waals surface area (Å²) in [5, 5.41) is 4.88. The molecule has 2 aromatic rings. The summed E-state index contributed by atoms with van der Waals surface area (Å²) in [6.07, 6.45) is -7.83. The largest absolute Gasteiger partial charge is 0.484 e. The molecule has 1 heterocycles. The van der Waals surface area contributed by atoms with Gasteiger partial charge in [-0.2, -0.15) is 26.3 Å². The Kier molecular flexibility index (Phi) is 6.71. The number of alkyl halides is 6. The zero-order valence-corrected chi connectivity index (χ0v) is 14.2. The summed E-state index contributed by atoms with van der Waals surface area (Å²) in [4.78, 5) is 15.3. The fourth-order valence-corrected chi connectivity index (χ4v) is 2.10. The van der Waals surface area contributed by atoms with Crippen LogP contribution in [0.15, 0.2) is 42.6 Å². The molecule has 11 heteroatoms. The van der Waals surface area contributed by atoms with E-state index in [-0.39, 0.29) is 24.7 Å². The van der Waals surface area contributed by atoms with Crippen LogP contribution < -0.4 is 15.4 Å². The number of halogens is 6. The first kappa shape index (κ1) is 21.3. The number of hydrogen-bond donors (Lipinski definition) is 2. The number of carbonyl (C=O) groups excluding carboxylic acids is 1. The summed E-state index contributed by atoms with van der Waals surface area (Å²) < 4.78 is 80.8. The summed E-state index contributed by atoms with van der Waals surface area (Å²) in [6.45, 7) is -0.488. The quantitative estimate of drug-likeness (QED) is 0.543. The van der Waals surface area contributed by atoms with E-state index in [2.05, 4.69) is 15.6 Å². The van der Waals surface area contributed by atoms with Crippen LogP contribution in [0.25, 0.3) is 0 Å². The van der Waals surface area contributed by atoms with Gasteiger partial charge in [0, 0.05) is 19.3 Å². The van der Waals surface area contributed by atoms with Crippen molar-refractivity contribution in [2.75, 3.05) is 25.0 Å². The van der Waals surface area contributed by atoms with Crippen LogP contribution in [0.5, 0.6) is 5.75 Å². The zero-order valence-electron chi connectivity index (χ0n) is 14.2. The maximum atomic E-state index is 12.8. The summed E-state index contributed by atoms with van der Waals surface area (Å²) in [5.74, 6) is -0.867. The van der Waals surface area contributed by atoms with Gasteiger partial charge in [-0.05, 0) is 36.4 Å². The van der Waals surface area contributed by atoms with Crippen LogP contribution in [0.1, 0.15) is 11.1 Å². The fraction of sp³-hybridized carbons (Fsp3) is 0.294. The van der Waals surface area contributed by atoms with E-state index in [0.717, 1.165) is 36.4 Å². The highest BCUT2D eigenvalue weighted by Crippen LogP contribution is 2.33. The predicted octanol–water partition coefficient (Wildman–Crippen LogP) is 3.73. The van der Waals surface area contributed by atoms with Crippen LogP contribution in [0, 0.1) is 0 Å². The van der Waals surface area contributed by atoms with Crippen molar-refractivity contribution in [3.8, 4) is 5.75 Å². The summed E-state index contributed by atoms with van der Waals surface area (Å²) in [7, 11) is 0. The minimum Gasteiger partial charge on any atom is -0.484 e. The number of ether oxygens (including phenoxy) is 1. The number of amides is 1. The Balaban J connectivity index is 1.74.